The first-order valence-corrected chi connectivity index (χ1v) is 10.2. The van der Waals surface area contributed by atoms with E-state index >= 15 is 0 Å². The number of hydrogen-bond donors (Lipinski definition) is 1. The van der Waals surface area contributed by atoms with E-state index < -0.39 is 11.6 Å². The molecule has 7 heteroatoms. The zero-order chi connectivity index (χ0) is 20.4. The van der Waals surface area contributed by atoms with E-state index in [9.17, 15) is 8.78 Å². The molecule has 1 N–H and O–H groups in total. The summed E-state index contributed by atoms with van der Waals surface area (Å²) in [5.74, 6) is 0.408. The van der Waals surface area contributed by atoms with E-state index in [0.29, 0.717) is 11.3 Å². The summed E-state index contributed by atoms with van der Waals surface area (Å²) in [6.45, 7) is 3.31. The average Bonchev–Trinajstić information content (AvgIpc) is 3.07. The van der Waals surface area contributed by atoms with Gasteiger partial charge >= 0.3 is 0 Å². The summed E-state index contributed by atoms with van der Waals surface area (Å²) in [6.07, 6.45) is 6.70. The van der Waals surface area contributed by atoms with Crippen molar-refractivity contribution >= 4 is 16.9 Å². The predicted octanol–water partition coefficient (Wildman–Crippen LogP) is 4.45. The van der Waals surface area contributed by atoms with Gasteiger partial charge in [0.15, 0.2) is 11.6 Å². The molecule has 1 aliphatic heterocycles. The van der Waals surface area contributed by atoms with E-state index in [1.165, 1.54) is 38.4 Å². The summed E-state index contributed by atoms with van der Waals surface area (Å²) >= 11 is 0. The first-order valence-electron chi connectivity index (χ1n) is 10.2. The number of rotatable bonds is 6. The number of benzene rings is 1. The molecule has 5 nitrogen and oxygen atoms in total. The number of aromatic nitrogens is 3. The van der Waals surface area contributed by atoms with E-state index in [1.54, 1.807) is 17.8 Å². The maximum atomic E-state index is 14.0. The predicted molar refractivity (Wildman–Crippen MR) is 112 cm³/mol. The number of likely N-dealkylation sites (tertiary alicyclic amines) is 1. The lowest BCUT2D eigenvalue weighted by Crippen LogP contribution is -2.30. The van der Waals surface area contributed by atoms with Crippen molar-refractivity contribution in [3.63, 3.8) is 0 Å². The molecule has 3 aromatic rings. The van der Waals surface area contributed by atoms with Gasteiger partial charge in [-0.1, -0.05) is 0 Å². The standard InChI is InChI=1S/C22H27F2N5/c1-28-12-9-15(10-13-28)4-3-11-25-19-8-5-16(14-26-19)22-27-21-18(29(22)2)7-6-17(23)20(21)24/h5-8,14-15H,3-4,9-13H2,1-2H3,(H,25,26). The summed E-state index contributed by atoms with van der Waals surface area (Å²) in [5, 5.41) is 3.37. The van der Waals surface area contributed by atoms with Gasteiger partial charge in [-0.15, -0.1) is 0 Å². The summed E-state index contributed by atoms with van der Waals surface area (Å²) in [6, 6.07) is 6.47. The molecule has 1 fully saturated rings. The minimum atomic E-state index is -0.916. The Morgan fingerprint density at radius 3 is 2.62 bits per heavy atom. The van der Waals surface area contributed by atoms with Crippen LogP contribution in [-0.2, 0) is 7.05 Å². The number of nitrogens with zero attached hydrogens (tertiary/aromatic N) is 4. The van der Waals surface area contributed by atoms with Crippen LogP contribution in [0.15, 0.2) is 30.5 Å². The smallest absolute Gasteiger partial charge is 0.186 e. The fourth-order valence-electron chi connectivity index (χ4n) is 4.05. The third-order valence-electron chi connectivity index (χ3n) is 5.90. The van der Waals surface area contributed by atoms with Crippen molar-refractivity contribution < 1.29 is 8.78 Å². The number of aryl methyl sites for hydroxylation is 1. The van der Waals surface area contributed by atoms with Crippen LogP contribution in [-0.4, -0.2) is 46.1 Å². The zero-order valence-electron chi connectivity index (χ0n) is 17.0. The number of fused-ring (bicyclic) bond motifs is 1. The first kappa shape index (κ1) is 19.8. The second-order valence-electron chi connectivity index (χ2n) is 7.97. The van der Waals surface area contributed by atoms with Gasteiger partial charge in [-0.05, 0) is 76.0 Å². The number of imidazole rings is 1. The Balaban J connectivity index is 1.36. The number of halogens is 2. The fourth-order valence-corrected chi connectivity index (χ4v) is 4.05. The van der Waals surface area contributed by atoms with Gasteiger partial charge in [0, 0.05) is 25.4 Å². The van der Waals surface area contributed by atoms with E-state index in [1.807, 2.05) is 12.1 Å². The van der Waals surface area contributed by atoms with Gasteiger partial charge in [0.05, 0.1) is 5.52 Å². The molecular formula is C22H27F2N5. The third-order valence-corrected chi connectivity index (χ3v) is 5.90. The number of anilines is 1. The molecule has 4 rings (SSSR count). The van der Waals surface area contributed by atoms with Gasteiger partial charge in [0.2, 0.25) is 0 Å². The van der Waals surface area contributed by atoms with Gasteiger partial charge < -0.3 is 14.8 Å². The molecule has 0 spiro atoms. The molecule has 0 saturated carbocycles. The van der Waals surface area contributed by atoms with Crippen LogP contribution >= 0.6 is 0 Å². The third kappa shape index (κ3) is 4.24. The lowest BCUT2D eigenvalue weighted by atomic mass is 9.92. The van der Waals surface area contributed by atoms with Crippen LogP contribution in [0.2, 0.25) is 0 Å². The van der Waals surface area contributed by atoms with Crippen LogP contribution in [0, 0.1) is 17.6 Å². The molecule has 0 bridgehead atoms. The second-order valence-corrected chi connectivity index (χ2v) is 7.97. The van der Waals surface area contributed by atoms with Crippen molar-refractivity contribution in [2.45, 2.75) is 25.7 Å². The second kappa shape index (κ2) is 8.45. The van der Waals surface area contributed by atoms with Gasteiger partial charge in [0.1, 0.15) is 17.2 Å². The van der Waals surface area contributed by atoms with E-state index in [0.717, 1.165) is 36.3 Å². The molecule has 1 aromatic carbocycles. The molecule has 1 saturated heterocycles. The average molecular weight is 399 g/mol. The number of pyridine rings is 1. The van der Waals surface area contributed by atoms with Crippen LogP contribution in [0.1, 0.15) is 25.7 Å². The maximum Gasteiger partial charge on any atom is 0.186 e. The quantitative estimate of drug-likeness (QED) is 0.622. The zero-order valence-corrected chi connectivity index (χ0v) is 17.0. The van der Waals surface area contributed by atoms with Crippen LogP contribution in [0.5, 0.6) is 0 Å². The minimum absolute atomic E-state index is 0.0404. The highest BCUT2D eigenvalue weighted by Gasteiger charge is 2.17. The van der Waals surface area contributed by atoms with Gasteiger partial charge in [-0.3, -0.25) is 0 Å². The summed E-state index contributed by atoms with van der Waals surface area (Å²) in [4.78, 5) is 11.1. The summed E-state index contributed by atoms with van der Waals surface area (Å²) in [7, 11) is 3.98. The van der Waals surface area contributed by atoms with Crippen molar-refractivity contribution in [2.75, 3.05) is 32.0 Å². The highest BCUT2D eigenvalue weighted by atomic mass is 19.2. The number of hydrogen-bond acceptors (Lipinski definition) is 4. The molecule has 29 heavy (non-hydrogen) atoms. The molecule has 2 aromatic heterocycles. The van der Waals surface area contributed by atoms with Gasteiger partial charge in [-0.2, -0.15) is 0 Å². The Morgan fingerprint density at radius 2 is 1.90 bits per heavy atom. The molecule has 154 valence electrons. The molecule has 3 heterocycles. The molecule has 1 aliphatic rings. The van der Waals surface area contributed by atoms with Crippen molar-refractivity contribution in [3.05, 3.63) is 42.1 Å². The van der Waals surface area contributed by atoms with E-state index in [-0.39, 0.29) is 5.52 Å². The minimum Gasteiger partial charge on any atom is -0.370 e. The summed E-state index contributed by atoms with van der Waals surface area (Å²) in [5.41, 5.74) is 1.36. The number of piperidine rings is 1. The first-order chi connectivity index (χ1) is 14.0. The SMILES string of the molecule is CN1CCC(CCCNc2ccc(-c3nc4c(F)c(F)ccc4n3C)cn2)CC1. The van der Waals surface area contributed by atoms with E-state index in [2.05, 4.69) is 27.2 Å². The van der Waals surface area contributed by atoms with Gasteiger partial charge in [0.25, 0.3) is 0 Å². The maximum absolute atomic E-state index is 14.0. The lowest BCUT2D eigenvalue weighted by molar-refractivity contribution is 0.211. The number of nitrogens with one attached hydrogen (secondary N) is 1. The Kier molecular flexibility index (Phi) is 5.76. The van der Waals surface area contributed by atoms with Crippen molar-refractivity contribution in [2.24, 2.45) is 13.0 Å². The highest BCUT2D eigenvalue weighted by molar-refractivity contribution is 5.81. The fraction of sp³-hybridized carbons (Fsp3) is 0.455. The van der Waals surface area contributed by atoms with Crippen LogP contribution < -0.4 is 5.32 Å². The molecule has 0 atom stereocenters. The van der Waals surface area contributed by atoms with Crippen LogP contribution in [0.4, 0.5) is 14.6 Å². The van der Waals surface area contributed by atoms with Crippen molar-refractivity contribution in [3.8, 4) is 11.4 Å². The Labute approximate surface area is 169 Å². The molecule has 0 amide bonds. The largest absolute Gasteiger partial charge is 0.370 e. The Bertz CT molecular complexity index is 975. The van der Waals surface area contributed by atoms with Gasteiger partial charge in [-0.25, -0.2) is 18.7 Å². The topological polar surface area (TPSA) is 46.0 Å². The molecule has 0 aliphatic carbocycles. The highest BCUT2D eigenvalue weighted by Crippen LogP contribution is 2.26. The van der Waals surface area contributed by atoms with Crippen molar-refractivity contribution in [1.82, 2.24) is 19.4 Å². The monoisotopic (exact) mass is 399 g/mol. The summed E-state index contributed by atoms with van der Waals surface area (Å²) < 4.78 is 29.3. The molecule has 0 radical (unpaired) electrons. The molecular weight excluding hydrogens is 372 g/mol. The Hall–Kier alpha value is -2.54. The van der Waals surface area contributed by atoms with E-state index in [4.69, 9.17) is 0 Å². The van der Waals surface area contributed by atoms with Crippen molar-refractivity contribution in [1.29, 1.82) is 0 Å². The lowest BCUT2D eigenvalue weighted by Gasteiger charge is -2.28. The molecule has 0 unspecified atom stereocenters. The van der Waals surface area contributed by atoms with Crippen LogP contribution in [0.25, 0.3) is 22.4 Å². The normalized spacial score (nSPS) is 15.9. The Morgan fingerprint density at radius 1 is 1.10 bits per heavy atom. The van der Waals surface area contributed by atoms with Crippen LogP contribution in [0.3, 0.4) is 0 Å².